The van der Waals surface area contributed by atoms with Gasteiger partial charge in [-0.15, -0.1) is 0 Å². The van der Waals surface area contributed by atoms with E-state index in [0.717, 1.165) is 6.42 Å². The lowest BCUT2D eigenvalue weighted by molar-refractivity contribution is -0.132. The van der Waals surface area contributed by atoms with Crippen LogP contribution in [0.5, 0.6) is 11.5 Å². The van der Waals surface area contributed by atoms with E-state index < -0.39 is 5.97 Å². The van der Waals surface area contributed by atoms with E-state index in [4.69, 9.17) is 19.8 Å². The van der Waals surface area contributed by atoms with E-state index in [-0.39, 0.29) is 5.57 Å². The van der Waals surface area contributed by atoms with Crippen molar-refractivity contribution in [3.63, 3.8) is 0 Å². The van der Waals surface area contributed by atoms with Crippen molar-refractivity contribution in [2.75, 3.05) is 13.7 Å². The number of benzene rings is 1. The molecule has 5 nitrogen and oxygen atoms in total. The Hall–Kier alpha value is -2.48. The summed E-state index contributed by atoms with van der Waals surface area (Å²) in [6, 6.07) is 6.62. The molecule has 0 fully saturated rings. The Balaban J connectivity index is 3.11. The maximum absolute atomic E-state index is 10.8. The summed E-state index contributed by atoms with van der Waals surface area (Å²) in [5.74, 6) is -0.158. The lowest BCUT2D eigenvalue weighted by atomic mass is 10.1. The zero-order chi connectivity index (χ0) is 14.3. The van der Waals surface area contributed by atoms with Crippen LogP contribution in [0.1, 0.15) is 18.9 Å². The Morgan fingerprint density at radius 2 is 2.21 bits per heavy atom. The molecule has 1 rings (SSSR count). The molecule has 5 heteroatoms. The first-order valence-electron chi connectivity index (χ1n) is 5.78. The van der Waals surface area contributed by atoms with E-state index in [1.54, 1.807) is 24.3 Å². The number of carboxylic acids is 1. The van der Waals surface area contributed by atoms with Gasteiger partial charge in [-0.1, -0.05) is 13.0 Å². The molecule has 0 saturated carbocycles. The minimum Gasteiger partial charge on any atom is -0.493 e. The molecule has 0 saturated heterocycles. The Morgan fingerprint density at radius 1 is 1.47 bits per heavy atom. The molecule has 1 aromatic rings. The SMILES string of the molecule is CCCOc1cc(C=C(C#N)C(=O)O)ccc1OC. The zero-order valence-electron chi connectivity index (χ0n) is 10.8. The molecule has 0 aliphatic heterocycles. The van der Waals surface area contributed by atoms with Gasteiger partial charge in [0.2, 0.25) is 0 Å². The summed E-state index contributed by atoms with van der Waals surface area (Å²) >= 11 is 0. The molecule has 0 unspecified atom stereocenters. The lowest BCUT2D eigenvalue weighted by Gasteiger charge is -2.10. The Labute approximate surface area is 111 Å². The average Bonchev–Trinajstić information content (AvgIpc) is 2.42. The fraction of sp³-hybridized carbons (Fsp3) is 0.286. The highest BCUT2D eigenvalue weighted by molar-refractivity contribution is 5.96. The van der Waals surface area contributed by atoms with Crippen molar-refractivity contribution < 1.29 is 19.4 Å². The van der Waals surface area contributed by atoms with E-state index in [1.165, 1.54) is 13.2 Å². The van der Waals surface area contributed by atoms with Crippen molar-refractivity contribution in [1.29, 1.82) is 5.26 Å². The number of nitrogens with zero attached hydrogens (tertiary/aromatic N) is 1. The van der Waals surface area contributed by atoms with Crippen molar-refractivity contribution in [1.82, 2.24) is 0 Å². The highest BCUT2D eigenvalue weighted by atomic mass is 16.5. The highest BCUT2D eigenvalue weighted by Crippen LogP contribution is 2.29. The Bertz CT molecular complexity index is 529. The molecule has 0 bridgehead atoms. The van der Waals surface area contributed by atoms with Crippen LogP contribution in [0.2, 0.25) is 0 Å². The van der Waals surface area contributed by atoms with Crippen molar-refractivity contribution in [2.24, 2.45) is 0 Å². The van der Waals surface area contributed by atoms with E-state index in [0.29, 0.717) is 23.7 Å². The number of rotatable bonds is 6. The van der Waals surface area contributed by atoms with Gasteiger partial charge >= 0.3 is 5.97 Å². The number of carbonyl (C=O) groups is 1. The molecule has 0 heterocycles. The van der Waals surface area contributed by atoms with Gasteiger partial charge in [0.1, 0.15) is 11.6 Å². The number of carboxylic acid groups (broad SMARTS) is 1. The number of aliphatic carboxylic acids is 1. The summed E-state index contributed by atoms with van der Waals surface area (Å²) < 4.78 is 10.7. The molecule has 0 aromatic heterocycles. The summed E-state index contributed by atoms with van der Waals surface area (Å²) in [7, 11) is 1.53. The number of hydrogen-bond donors (Lipinski definition) is 1. The lowest BCUT2D eigenvalue weighted by Crippen LogP contribution is -1.99. The second-order valence-corrected chi connectivity index (χ2v) is 3.73. The maximum atomic E-state index is 10.8. The van der Waals surface area contributed by atoms with Crippen LogP contribution in [0.4, 0.5) is 0 Å². The van der Waals surface area contributed by atoms with Crippen LogP contribution in [0.3, 0.4) is 0 Å². The molecule has 0 aliphatic rings. The second kappa shape index (κ2) is 7.07. The molecular weight excluding hydrogens is 246 g/mol. The van der Waals surface area contributed by atoms with Crippen LogP contribution in [-0.4, -0.2) is 24.8 Å². The monoisotopic (exact) mass is 261 g/mol. The topological polar surface area (TPSA) is 79.5 Å². The normalized spacial score (nSPS) is 10.7. The summed E-state index contributed by atoms with van der Waals surface area (Å²) in [6.45, 7) is 2.52. The molecule has 1 aromatic carbocycles. The van der Waals surface area contributed by atoms with E-state index in [2.05, 4.69) is 0 Å². The van der Waals surface area contributed by atoms with Crippen LogP contribution in [-0.2, 0) is 4.79 Å². The quantitative estimate of drug-likeness (QED) is 0.628. The fourth-order valence-electron chi connectivity index (χ4n) is 1.42. The van der Waals surface area contributed by atoms with Gasteiger partial charge in [-0.3, -0.25) is 0 Å². The largest absolute Gasteiger partial charge is 0.493 e. The summed E-state index contributed by atoms with van der Waals surface area (Å²) in [5, 5.41) is 17.5. The molecule has 0 radical (unpaired) electrons. The number of methoxy groups -OCH3 is 1. The Kier molecular flexibility index (Phi) is 5.42. The summed E-state index contributed by atoms with van der Waals surface area (Å²) in [6.07, 6.45) is 2.14. The van der Waals surface area contributed by atoms with Crippen LogP contribution < -0.4 is 9.47 Å². The first kappa shape index (κ1) is 14.6. The van der Waals surface area contributed by atoms with Crippen LogP contribution in [0.25, 0.3) is 6.08 Å². The van der Waals surface area contributed by atoms with Gasteiger partial charge in [-0.05, 0) is 30.2 Å². The van der Waals surface area contributed by atoms with Crippen molar-refractivity contribution in [3.05, 3.63) is 29.3 Å². The molecular formula is C14H15NO4. The third-order valence-corrected chi connectivity index (χ3v) is 2.31. The van der Waals surface area contributed by atoms with Crippen molar-refractivity contribution >= 4 is 12.0 Å². The van der Waals surface area contributed by atoms with Gasteiger partial charge in [-0.25, -0.2) is 4.79 Å². The molecule has 0 aliphatic carbocycles. The fourth-order valence-corrected chi connectivity index (χ4v) is 1.42. The number of ether oxygens (including phenoxy) is 2. The van der Waals surface area contributed by atoms with Gasteiger partial charge in [0.05, 0.1) is 13.7 Å². The third-order valence-electron chi connectivity index (χ3n) is 2.31. The minimum atomic E-state index is -1.26. The molecule has 1 N–H and O–H groups in total. The number of hydrogen-bond acceptors (Lipinski definition) is 4. The first-order valence-corrected chi connectivity index (χ1v) is 5.78. The predicted molar refractivity (Wildman–Crippen MR) is 70.0 cm³/mol. The first-order chi connectivity index (χ1) is 9.12. The minimum absolute atomic E-state index is 0.327. The van der Waals surface area contributed by atoms with Crippen molar-refractivity contribution in [2.45, 2.75) is 13.3 Å². The van der Waals surface area contributed by atoms with Crippen LogP contribution >= 0.6 is 0 Å². The van der Waals surface area contributed by atoms with E-state index in [1.807, 2.05) is 6.92 Å². The molecule has 0 spiro atoms. The molecule has 0 atom stereocenters. The van der Waals surface area contributed by atoms with E-state index in [9.17, 15) is 4.79 Å². The van der Waals surface area contributed by atoms with Gasteiger partial charge in [0.15, 0.2) is 11.5 Å². The maximum Gasteiger partial charge on any atom is 0.346 e. The third kappa shape index (κ3) is 4.03. The zero-order valence-corrected chi connectivity index (χ0v) is 10.8. The van der Waals surface area contributed by atoms with E-state index >= 15 is 0 Å². The molecule has 0 amide bonds. The summed E-state index contributed by atoms with van der Waals surface area (Å²) in [4.78, 5) is 10.8. The van der Waals surface area contributed by atoms with Crippen LogP contribution in [0, 0.1) is 11.3 Å². The van der Waals surface area contributed by atoms with Gasteiger partial charge in [0, 0.05) is 0 Å². The molecule has 100 valence electrons. The molecule has 19 heavy (non-hydrogen) atoms. The summed E-state index contributed by atoms with van der Waals surface area (Å²) in [5.41, 5.74) is 0.248. The van der Waals surface area contributed by atoms with Crippen molar-refractivity contribution in [3.8, 4) is 17.6 Å². The van der Waals surface area contributed by atoms with Gasteiger partial charge < -0.3 is 14.6 Å². The highest BCUT2D eigenvalue weighted by Gasteiger charge is 2.08. The standard InChI is InChI=1S/C14H15NO4/c1-3-6-19-13-8-10(4-5-12(13)18-2)7-11(9-15)14(16)17/h4-5,7-8H,3,6H2,1-2H3,(H,16,17). The second-order valence-electron chi connectivity index (χ2n) is 3.73. The average molecular weight is 261 g/mol. The van der Waals surface area contributed by atoms with Crippen LogP contribution in [0.15, 0.2) is 23.8 Å². The number of nitriles is 1. The smallest absolute Gasteiger partial charge is 0.346 e. The van der Waals surface area contributed by atoms with Gasteiger partial charge in [0.25, 0.3) is 0 Å². The Morgan fingerprint density at radius 3 is 2.74 bits per heavy atom. The van der Waals surface area contributed by atoms with Gasteiger partial charge in [-0.2, -0.15) is 5.26 Å². The predicted octanol–water partition coefficient (Wildman–Crippen LogP) is 2.48.